The summed E-state index contributed by atoms with van der Waals surface area (Å²) in [5, 5.41) is 14.1. The normalized spacial score (nSPS) is 14.6. The summed E-state index contributed by atoms with van der Waals surface area (Å²) < 4.78 is 0. The fraction of sp³-hybridized carbons (Fsp3) is 0.222. The highest BCUT2D eigenvalue weighted by molar-refractivity contribution is 7.80. The molecule has 0 atom stereocenters. The van der Waals surface area contributed by atoms with E-state index in [-0.39, 0.29) is 0 Å². The van der Waals surface area contributed by atoms with E-state index in [1.54, 1.807) is 12.4 Å². The molecule has 2 aromatic heterocycles. The molecule has 0 saturated carbocycles. The van der Waals surface area contributed by atoms with Crippen molar-refractivity contribution in [2.75, 3.05) is 36.4 Å². The second-order valence-corrected chi connectivity index (χ2v) is 6.28. The van der Waals surface area contributed by atoms with Gasteiger partial charge >= 0.3 is 0 Å². The van der Waals surface area contributed by atoms with Crippen molar-refractivity contribution in [2.24, 2.45) is 0 Å². The van der Waals surface area contributed by atoms with Crippen LogP contribution in [0.5, 0.6) is 0 Å². The maximum atomic E-state index is 5.62. The highest BCUT2D eigenvalue weighted by Gasteiger charge is 2.20. The maximum absolute atomic E-state index is 5.62. The highest BCUT2D eigenvalue weighted by Crippen LogP contribution is 2.22. The van der Waals surface area contributed by atoms with Gasteiger partial charge in [0.1, 0.15) is 5.82 Å². The Hall–Kier alpha value is -2.80. The summed E-state index contributed by atoms with van der Waals surface area (Å²) in [7, 11) is 0. The number of nitrogens with zero attached hydrogens (tertiary/aromatic N) is 5. The molecule has 0 spiro atoms. The Morgan fingerprint density at radius 1 is 0.960 bits per heavy atom. The van der Waals surface area contributed by atoms with Crippen LogP contribution in [-0.2, 0) is 0 Å². The number of fused-ring (bicyclic) bond motifs is 1. The zero-order chi connectivity index (χ0) is 17.1. The van der Waals surface area contributed by atoms with Crippen molar-refractivity contribution in [3.8, 4) is 0 Å². The van der Waals surface area contributed by atoms with Gasteiger partial charge in [-0.2, -0.15) is 10.2 Å². The number of anilines is 2. The van der Waals surface area contributed by atoms with Crippen LogP contribution < -0.4 is 10.2 Å². The minimum Gasteiger partial charge on any atom is -0.353 e. The highest BCUT2D eigenvalue weighted by atomic mass is 32.1. The van der Waals surface area contributed by atoms with E-state index < -0.39 is 0 Å². The number of benzene rings is 1. The van der Waals surface area contributed by atoms with E-state index in [4.69, 9.17) is 12.2 Å². The zero-order valence-electron chi connectivity index (χ0n) is 13.7. The smallest absolute Gasteiger partial charge is 0.173 e. The Morgan fingerprint density at radius 2 is 1.80 bits per heavy atom. The molecule has 1 fully saturated rings. The molecule has 0 aliphatic carbocycles. The van der Waals surface area contributed by atoms with Gasteiger partial charge in [0.05, 0.1) is 12.4 Å². The number of hydrogen-bond donors (Lipinski definition) is 1. The molecule has 0 bridgehead atoms. The predicted octanol–water partition coefficient (Wildman–Crippen LogP) is 2.54. The number of hydrogen-bond acceptors (Lipinski definition) is 5. The summed E-state index contributed by atoms with van der Waals surface area (Å²) in [5.41, 5.74) is 0.963. The van der Waals surface area contributed by atoms with Gasteiger partial charge < -0.3 is 15.1 Å². The molecule has 7 heteroatoms. The third-order valence-electron chi connectivity index (χ3n) is 4.37. The van der Waals surface area contributed by atoms with Crippen LogP contribution in [0.25, 0.3) is 10.8 Å². The largest absolute Gasteiger partial charge is 0.353 e. The number of pyridine rings is 1. The van der Waals surface area contributed by atoms with Crippen LogP contribution in [-0.4, -0.2) is 51.4 Å². The molecule has 0 unspecified atom stereocenters. The second kappa shape index (κ2) is 6.98. The third kappa shape index (κ3) is 3.36. The molecule has 25 heavy (non-hydrogen) atoms. The van der Waals surface area contributed by atoms with E-state index in [0.29, 0.717) is 0 Å². The Bertz CT molecular complexity index is 872. The first-order valence-corrected chi connectivity index (χ1v) is 8.63. The van der Waals surface area contributed by atoms with E-state index in [1.807, 2.05) is 42.6 Å². The molecule has 1 aromatic carbocycles. The van der Waals surface area contributed by atoms with E-state index in [2.05, 4.69) is 30.3 Å². The lowest BCUT2D eigenvalue weighted by molar-refractivity contribution is 0.389. The first-order chi connectivity index (χ1) is 12.3. The van der Waals surface area contributed by atoms with Gasteiger partial charge in [0.15, 0.2) is 5.11 Å². The molecule has 0 radical (unpaired) electrons. The number of piperazine rings is 1. The van der Waals surface area contributed by atoms with Crippen LogP contribution in [0.4, 0.5) is 11.5 Å². The van der Waals surface area contributed by atoms with Crippen molar-refractivity contribution in [2.45, 2.75) is 0 Å². The summed E-state index contributed by atoms with van der Waals surface area (Å²) in [6.45, 7) is 3.54. The quantitative estimate of drug-likeness (QED) is 0.713. The van der Waals surface area contributed by atoms with Gasteiger partial charge in [-0.3, -0.25) is 0 Å². The van der Waals surface area contributed by atoms with Crippen molar-refractivity contribution in [1.82, 2.24) is 20.1 Å². The Labute approximate surface area is 151 Å². The van der Waals surface area contributed by atoms with Crippen LogP contribution in [0.15, 0.2) is 55.0 Å². The Morgan fingerprint density at radius 3 is 2.60 bits per heavy atom. The fourth-order valence-electron chi connectivity index (χ4n) is 3.01. The van der Waals surface area contributed by atoms with Crippen molar-refractivity contribution < 1.29 is 0 Å². The Kier molecular flexibility index (Phi) is 4.39. The van der Waals surface area contributed by atoms with Crippen molar-refractivity contribution >= 4 is 39.6 Å². The summed E-state index contributed by atoms with van der Waals surface area (Å²) in [4.78, 5) is 8.90. The molecule has 1 N–H and O–H groups in total. The van der Waals surface area contributed by atoms with E-state index in [0.717, 1.165) is 53.6 Å². The fourth-order valence-corrected chi connectivity index (χ4v) is 3.30. The molecule has 3 aromatic rings. The molecule has 1 saturated heterocycles. The summed E-state index contributed by atoms with van der Waals surface area (Å²) in [6.07, 6.45) is 5.35. The summed E-state index contributed by atoms with van der Waals surface area (Å²) in [5.74, 6) is 1.02. The van der Waals surface area contributed by atoms with Crippen molar-refractivity contribution in [3.63, 3.8) is 0 Å². The molecule has 3 heterocycles. The molecular formula is C18H18N6S. The third-order valence-corrected chi connectivity index (χ3v) is 4.73. The van der Waals surface area contributed by atoms with Gasteiger partial charge in [-0.05, 0) is 30.4 Å². The lowest BCUT2D eigenvalue weighted by Crippen LogP contribution is -2.50. The topological polar surface area (TPSA) is 57.2 Å². The molecule has 6 nitrogen and oxygen atoms in total. The van der Waals surface area contributed by atoms with Crippen LogP contribution in [0.3, 0.4) is 0 Å². The summed E-state index contributed by atoms with van der Waals surface area (Å²) >= 11 is 5.62. The predicted molar refractivity (Wildman–Crippen MR) is 104 cm³/mol. The average molecular weight is 350 g/mol. The lowest BCUT2D eigenvalue weighted by atomic mass is 10.1. The molecule has 4 rings (SSSR count). The van der Waals surface area contributed by atoms with E-state index in [1.165, 1.54) is 0 Å². The molecular weight excluding hydrogens is 332 g/mol. The van der Waals surface area contributed by atoms with Crippen molar-refractivity contribution in [3.05, 3.63) is 55.0 Å². The van der Waals surface area contributed by atoms with Gasteiger partial charge in [0.2, 0.25) is 0 Å². The van der Waals surface area contributed by atoms with E-state index >= 15 is 0 Å². The lowest BCUT2D eigenvalue weighted by Gasteiger charge is -2.36. The first kappa shape index (κ1) is 15.7. The van der Waals surface area contributed by atoms with Crippen LogP contribution in [0.2, 0.25) is 0 Å². The molecule has 1 aliphatic rings. The zero-order valence-corrected chi connectivity index (χ0v) is 14.5. The summed E-state index contributed by atoms with van der Waals surface area (Å²) in [6, 6.07) is 12.0. The molecule has 0 amide bonds. The number of thiocarbonyl (C=S) groups is 1. The van der Waals surface area contributed by atoms with Gasteiger partial charge in [-0.25, -0.2) is 4.98 Å². The number of rotatable bonds is 2. The number of aromatic nitrogens is 3. The molecule has 1 aliphatic heterocycles. The minimum atomic E-state index is 0.741. The van der Waals surface area contributed by atoms with Gasteiger partial charge in [0, 0.05) is 48.8 Å². The van der Waals surface area contributed by atoms with E-state index in [9.17, 15) is 0 Å². The van der Waals surface area contributed by atoms with Gasteiger partial charge in [-0.1, -0.05) is 18.2 Å². The van der Waals surface area contributed by atoms with Crippen LogP contribution in [0.1, 0.15) is 0 Å². The first-order valence-electron chi connectivity index (χ1n) is 8.22. The minimum absolute atomic E-state index is 0.741. The van der Waals surface area contributed by atoms with Crippen LogP contribution in [0, 0.1) is 0 Å². The van der Waals surface area contributed by atoms with Gasteiger partial charge in [-0.15, -0.1) is 0 Å². The standard InChI is InChI=1S/C18H18N6S/c25-18(22-16-5-3-4-14-12-20-21-13-15(14)16)24-10-8-23(9-11-24)17-6-1-2-7-19-17/h1-7,12-13H,8-11H2,(H,22,25). The average Bonchev–Trinajstić information content (AvgIpc) is 2.69. The monoisotopic (exact) mass is 350 g/mol. The Balaban J connectivity index is 1.42. The second-order valence-electron chi connectivity index (χ2n) is 5.89. The van der Waals surface area contributed by atoms with Gasteiger partial charge in [0.25, 0.3) is 0 Å². The van der Waals surface area contributed by atoms with Crippen LogP contribution >= 0.6 is 12.2 Å². The maximum Gasteiger partial charge on any atom is 0.173 e. The SMILES string of the molecule is S=C(Nc1cccc2cnncc12)N1CCN(c2ccccn2)CC1. The van der Waals surface area contributed by atoms with Crippen molar-refractivity contribution in [1.29, 1.82) is 0 Å². The number of nitrogens with one attached hydrogen (secondary N) is 1. The molecule has 126 valence electrons.